The van der Waals surface area contributed by atoms with Crippen LogP contribution in [0.1, 0.15) is 34.1 Å². The van der Waals surface area contributed by atoms with Gasteiger partial charge in [0.1, 0.15) is 0 Å². The van der Waals surface area contributed by atoms with E-state index >= 15 is 0 Å². The minimum absolute atomic E-state index is 0.399. The van der Waals surface area contributed by atoms with Gasteiger partial charge in [0.25, 0.3) is 0 Å². The van der Waals surface area contributed by atoms with E-state index in [1.807, 2.05) is 0 Å². The zero-order valence-electron chi connectivity index (χ0n) is 11.8. The Kier molecular flexibility index (Phi) is 3.73. The molecule has 1 aromatic rings. The summed E-state index contributed by atoms with van der Waals surface area (Å²) in [4.78, 5) is 10.9. The Hall–Kier alpha value is -1.32. The lowest BCUT2D eigenvalue weighted by Crippen LogP contribution is -2.53. The Morgan fingerprint density at radius 2 is 1.89 bits per heavy atom. The van der Waals surface area contributed by atoms with Crippen LogP contribution in [-0.2, 0) is 0 Å². The van der Waals surface area contributed by atoms with Crippen molar-refractivity contribution in [2.75, 3.05) is 24.6 Å². The van der Waals surface area contributed by atoms with Crippen molar-refractivity contribution in [3.05, 3.63) is 12.4 Å². The summed E-state index contributed by atoms with van der Waals surface area (Å²) < 4.78 is 5.60. The quantitative estimate of drug-likeness (QED) is 0.804. The predicted molar refractivity (Wildman–Crippen MR) is 73.0 cm³/mol. The highest BCUT2D eigenvalue weighted by Gasteiger charge is 2.35. The van der Waals surface area contributed by atoms with Gasteiger partial charge in [-0.1, -0.05) is 27.7 Å². The van der Waals surface area contributed by atoms with Crippen LogP contribution in [-0.4, -0.2) is 29.7 Å². The largest absolute Gasteiger partial charge is 0.490 e. The molecule has 0 N–H and O–H groups in total. The predicted octanol–water partition coefficient (Wildman–Crippen LogP) is 2.75. The first-order chi connectivity index (χ1) is 8.46. The molecule has 2 heterocycles. The molecule has 4 heteroatoms. The third-order valence-corrected chi connectivity index (χ3v) is 3.10. The van der Waals surface area contributed by atoms with E-state index in [9.17, 15) is 0 Å². The molecule has 1 fully saturated rings. The summed E-state index contributed by atoms with van der Waals surface area (Å²) in [6.45, 7) is 11.7. The highest BCUT2D eigenvalue weighted by Crippen LogP contribution is 2.31. The molecular formula is C14H23N3O. The van der Waals surface area contributed by atoms with Gasteiger partial charge in [0.05, 0.1) is 19.0 Å². The van der Waals surface area contributed by atoms with Gasteiger partial charge in [0.15, 0.2) is 5.75 Å². The Balaban J connectivity index is 1.83. The monoisotopic (exact) mass is 249 g/mol. The molecule has 0 amide bonds. The molecule has 0 atom stereocenters. The van der Waals surface area contributed by atoms with Gasteiger partial charge in [-0.05, 0) is 17.8 Å². The smallest absolute Gasteiger partial charge is 0.225 e. The Bertz CT molecular complexity index is 379. The number of ether oxygens (including phenoxy) is 1. The van der Waals surface area contributed by atoms with Crippen LogP contribution in [0, 0.1) is 11.3 Å². The number of nitrogens with zero attached hydrogens (tertiary/aromatic N) is 3. The van der Waals surface area contributed by atoms with Crippen LogP contribution in [0.15, 0.2) is 12.4 Å². The second-order valence-corrected chi connectivity index (χ2v) is 6.27. The van der Waals surface area contributed by atoms with Gasteiger partial charge >= 0.3 is 0 Å². The fourth-order valence-corrected chi connectivity index (χ4v) is 2.09. The fraction of sp³-hybridized carbons (Fsp3) is 0.714. The van der Waals surface area contributed by atoms with E-state index in [1.165, 1.54) is 0 Å². The van der Waals surface area contributed by atoms with Crippen LogP contribution in [0.2, 0.25) is 0 Å². The average Bonchev–Trinajstić information content (AvgIpc) is 2.26. The molecule has 0 bridgehead atoms. The van der Waals surface area contributed by atoms with Crippen molar-refractivity contribution in [3.8, 4) is 5.75 Å². The topological polar surface area (TPSA) is 38.2 Å². The van der Waals surface area contributed by atoms with Gasteiger partial charge in [-0.25, -0.2) is 9.97 Å². The standard InChI is InChI=1S/C14H23N3O/c1-11(2)5-6-18-12-7-15-13(16-8-12)17-9-14(3,4)10-17/h7-8,11H,5-6,9-10H2,1-4H3. The summed E-state index contributed by atoms with van der Waals surface area (Å²) in [6, 6.07) is 0. The second-order valence-electron chi connectivity index (χ2n) is 6.27. The van der Waals surface area contributed by atoms with Gasteiger partial charge in [-0.2, -0.15) is 0 Å². The van der Waals surface area contributed by atoms with E-state index in [-0.39, 0.29) is 0 Å². The van der Waals surface area contributed by atoms with Crippen molar-refractivity contribution < 1.29 is 4.74 Å². The van der Waals surface area contributed by atoms with Gasteiger partial charge < -0.3 is 9.64 Å². The molecule has 1 aromatic heterocycles. The van der Waals surface area contributed by atoms with E-state index in [4.69, 9.17) is 4.74 Å². The van der Waals surface area contributed by atoms with Crippen LogP contribution < -0.4 is 9.64 Å². The SMILES string of the molecule is CC(C)CCOc1cnc(N2CC(C)(C)C2)nc1. The number of rotatable bonds is 5. The van der Waals surface area contributed by atoms with Gasteiger partial charge in [-0.3, -0.25) is 0 Å². The average molecular weight is 249 g/mol. The van der Waals surface area contributed by atoms with Crippen LogP contribution >= 0.6 is 0 Å². The van der Waals surface area contributed by atoms with E-state index in [0.29, 0.717) is 11.3 Å². The van der Waals surface area contributed by atoms with Crippen molar-refractivity contribution >= 4 is 5.95 Å². The maximum Gasteiger partial charge on any atom is 0.225 e. The summed E-state index contributed by atoms with van der Waals surface area (Å²) in [7, 11) is 0. The van der Waals surface area contributed by atoms with Crippen molar-refractivity contribution in [1.29, 1.82) is 0 Å². The molecule has 1 aliphatic rings. The van der Waals surface area contributed by atoms with Crippen LogP contribution in [0.4, 0.5) is 5.95 Å². The van der Waals surface area contributed by atoms with Gasteiger partial charge in [-0.15, -0.1) is 0 Å². The highest BCUT2D eigenvalue weighted by molar-refractivity contribution is 5.36. The summed E-state index contributed by atoms with van der Waals surface area (Å²) in [5.41, 5.74) is 0.399. The molecule has 0 spiro atoms. The molecule has 18 heavy (non-hydrogen) atoms. The molecule has 0 radical (unpaired) electrons. The molecule has 0 aromatic carbocycles. The third kappa shape index (κ3) is 3.34. The lowest BCUT2D eigenvalue weighted by molar-refractivity contribution is 0.270. The number of anilines is 1. The number of hydrogen-bond donors (Lipinski definition) is 0. The van der Waals surface area contributed by atoms with Gasteiger partial charge in [0.2, 0.25) is 5.95 Å². The maximum absolute atomic E-state index is 5.60. The molecule has 0 aliphatic carbocycles. The first-order valence-corrected chi connectivity index (χ1v) is 6.66. The summed E-state index contributed by atoms with van der Waals surface area (Å²) >= 11 is 0. The number of hydrogen-bond acceptors (Lipinski definition) is 4. The molecular weight excluding hydrogens is 226 g/mol. The van der Waals surface area contributed by atoms with Crippen LogP contribution in [0.5, 0.6) is 5.75 Å². The Morgan fingerprint density at radius 3 is 2.39 bits per heavy atom. The maximum atomic E-state index is 5.60. The lowest BCUT2D eigenvalue weighted by Gasteiger charge is -2.45. The fourth-order valence-electron chi connectivity index (χ4n) is 2.09. The molecule has 100 valence electrons. The van der Waals surface area contributed by atoms with Crippen molar-refractivity contribution in [2.24, 2.45) is 11.3 Å². The lowest BCUT2D eigenvalue weighted by atomic mass is 9.85. The van der Waals surface area contributed by atoms with Crippen molar-refractivity contribution in [3.63, 3.8) is 0 Å². The zero-order chi connectivity index (χ0) is 13.2. The van der Waals surface area contributed by atoms with Crippen molar-refractivity contribution in [1.82, 2.24) is 9.97 Å². The number of aromatic nitrogens is 2. The Morgan fingerprint density at radius 1 is 1.28 bits per heavy atom. The summed E-state index contributed by atoms with van der Waals surface area (Å²) in [5, 5.41) is 0. The van der Waals surface area contributed by atoms with Gasteiger partial charge in [0, 0.05) is 13.1 Å². The molecule has 1 aliphatic heterocycles. The molecule has 4 nitrogen and oxygen atoms in total. The highest BCUT2D eigenvalue weighted by atomic mass is 16.5. The molecule has 1 saturated heterocycles. The van der Waals surface area contributed by atoms with Crippen LogP contribution in [0.3, 0.4) is 0 Å². The molecule has 0 unspecified atom stereocenters. The van der Waals surface area contributed by atoms with E-state index in [1.54, 1.807) is 12.4 Å². The minimum atomic E-state index is 0.399. The summed E-state index contributed by atoms with van der Waals surface area (Å²) in [6.07, 6.45) is 4.60. The Labute approximate surface area is 109 Å². The first kappa shape index (κ1) is 13.1. The third-order valence-electron chi connectivity index (χ3n) is 3.10. The zero-order valence-corrected chi connectivity index (χ0v) is 11.8. The van der Waals surface area contributed by atoms with E-state index in [0.717, 1.165) is 37.8 Å². The normalized spacial score (nSPS) is 17.7. The van der Waals surface area contributed by atoms with E-state index < -0.39 is 0 Å². The van der Waals surface area contributed by atoms with E-state index in [2.05, 4.69) is 42.6 Å². The second kappa shape index (κ2) is 5.12. The van der Waals surface area contributed by atoms with Crippen LogP contribution in [0.25, 0.3) is 0 Å². The summed E-state index contributed by atoms with van der Waals surface area (Å²) in [5.74, 6) is 2.23. The molecule has 2 rings (SSSR count). The minimum Gasteiger partial charge on any atom is -0.490 e. The molecule has 0 saturated carbocycles. The van der Waals surface area contributed by atoms with Crippen molar-refractivity contribution in [2.45, 2.75) is 34.1 Å². The first-order valence-electron chi connectivity index (χ1n) is 6.66.